The highest BCUT2D eigenvalue weighted by atomic mass is 15.2. The van der Waals surface area contributed by atoms with Crippen LogP contribution in [0.2, 0.25) is 0 Å². The molecule has 2 aromatic rings. The number of hydrogen-bond acceptors (Lipinski definition) is 3. The van der Waals surface area contributed by atoms with Crippen molar-refractivity contribution in [2.75, 3.05) is 13.1 Å². The third-order valence-corrected chi connectivity index (χ3v) is 4.95. The molecule has 1 N–H and O–H groups in total. The summed E-state index contributed by atoms with van der Waals surface area (Å²) in [7, 11) is 0. The first kappa shape index (κ1) is 16.7. The zero-order chi connectivity index (χ0) is 17.0. The van der Waals surface area contributed by atoms with Gasteiger partial charge in [-0.15, -0.1) is 0 Å². The Bertz CT molecular complexity index is 704. The summed E-state index contributed by atoms with van der Waals surface area (Å²) in [6.07, 6.45) is 7.11. The first-order chi connectivity index (χ1) is 11.6. The molecule has 126 valence electrons. The van der Waals surface area contributed by atoms with Crippen LogP contribution in [-0.4, -0.2) is 28.2 Å². The predicted molar refractivity (Wildman–Crippen MR) is 96.3 cm³/mol. The van der Waals surface area contributed by atoms with Crippen LogP contribution in [0.1, 0.15) is 50.7 Å². The van der Waals surface area contributed by atoms with Crippen LogP contribution >= 0.6 is 0 Å². The summed E-state index contributed by atoms with van der Waals surface area (Å²) in [4.78, 5) is 2.58. The van der Waals surface area contributed by atoms with Crippen LogP contribution in [0.5, 0.6) is 0 Å². The Hall–Kier alpha value is -2.12. The van der Waals surface area contributed by atoms with Crippen LogP contribution in [0.25, 0.3) is 11.3 Å². The molecular formula is C20H26N4. The maximum atomic E-state index is 8.95. The van der Waals surface area contributed by atoms with Crippen LogP contribution in [0.3, 0.4) is 0 Å². The minimum Gasteiger partial charge on any atom is -0.298 e. The van der Waals surface area contributed by atoms with Gasteiger partial charge in [-0.1, -0.05) is 32.4 Å². The maximum Gasteiger partial charge on any atom is 0.0991 e. The Kier molecular flexibility index (Phi) is 5.01. The van der Waals surface area contributed by atoms with Crippen LogP contribution in [0, 0.1) is 16.7 Å². The van der Waals surface area contributed by atoms with Gasteiger partial charge in [-0.3, -0.25) is 10.00 Å². The number of benzene rings is 1. The molecule has 0 unspecified atom stereocenters. The first-order valence-electron chi connectivity index (χ1n) is 8.89. The summed E-state index contributed by atoms with van der Waals surface area (Å²) >= 11 is 0. The fourth-order valence-electron chi connectivity index (χ4n) is 3.14. The summed E-state index contributed by atoms with van der Waals surface area (Å²) in [6, 6.07) is 9.88. The molecule has 1 aromatic heterocycles. The van der Waals surface area contributed by atoms with E-state index in [1.54, 1.807) is 0 Å². The van der Waals surface area contributed by atoms with Gasteiger partial charge in [-0.2, -0.15) is 10.4 Å². The van der Waals surface area contributed by atoms with E-state index in [0.717, 1.165) is 24.3 Å². The average molecular weight is 322 g/mol. The van der Waals surface area contributed by atoms with Crippen molar-refractivity contribution in [1.29, 1.82) is 5.26 Å². The van der Waals surface area contributed by atoms with E-state index in [4.69, 9.17) is 5.26 Å². The number of aromatic amines is 1. The minimum absolute atomic E-state index is 0.520. The molecule has 0 amide bonds. The van der Waals surface area contributed by atoms with Gasteiger partial charge < -0.3 is 0 Å². The number of aromatic nitrogens is 2. The molecule has 1 aromatic carbocycles. The van der Waals surface area contributed by atoms with Crippen LogP contribution < -0.4 is 0 Å². The Balaban J connectivity index is 1.75. The molecule has 0 aliphatic heterocycles. The van der Waals surface area contributed by atoms with Crippen molar-refractivity contribution in [2.24, 2.45) is 5.41 Å². The highest BCUT2D eigenvalue weighted by Crippen LogP contribution is 2.45. The van der Waals surface area contributed by atoms with E-state index in [-0.39, 0.29) is 0 Å². The lowest BCUT2D eigenvalue weighted by Gasteiger charge is -2.25. The third kappa shape index (κ3) is 4.04. The number of hydrogen-bond donors (Lipinski definition) is 1. The quantitative estimate of drug-likeness (QED) is 0.786. The van der Waals surface area contributed by atoms with Crippen molar-refractivity contribution in [3.63, 3.8) is 0 Å². The normalized spacial score (nSPS) is 15.4. The SMILES string of the molecule is CCCCN(Cc1cn[nH]c1-c1ccc(C#N)cc1)CC1(C)CC1. The molecule has 4 nitrogen and oxygen atoms in total. The molecule has 1 aliphatic rings. The van der Waals surface area contributed by atoms with Gasteiger partial charge in [-0.05, 0) is 48.9 Å². The van der Waals surface area contributed by atoms with Gasteiger partial charge in [0.2, 0.25) is 0 Å². The molecular weight excluding hydrogens is 296 g/mol. The van der Waals surface area contributed by atoms with Gasteiger partial charge in [0.05, 0.1) is 23.5 Å². The standard InChI is InChI=1S/C20H26N4/c1-3-4-11-24(15-20(2)9-10-20)14-18-13-22-23-19(18)17-7-5-16(12-21)6-8-17/h5-8,13H,3-4,9-11,14-15H2,1-2H3,(H,22,23). The Labute approximate surface area is 144 Å². The summed E-state index contributed by atoms with van der Waals surface area (Å²) < 4.78 is 0. The Morgan fingerprint density at radius 2 is 2.04 bits per heavy atom. The van der Waals surface area contributed by atoms with E-state index < -0.39 is 0 Å². The van der Waals surface area contributed by atoms with E-state index >= 15 is 0 Å². The van der Waals surface area contributed by atoms with E-state index in [1.807, 2.05) is 30.5 Å². The minimum atomic E-state index is 0.520. The molecule has 3 rings (SSSR count). The van der Waals surface area contributed by atoms with Gasteiger partial charge in [0, 0.05) is 18.7 Å². The van der Waals surface area contributed by atoms with E-state index in [2.05, 4.69) is 35.0 Å². The summed E-state index contributed by atoms with van der Waals surface area (Å²) in [6.45, 7) is 7.89. The lowest BCUT2D eigenvalue weighted by Crippen LogP contribution is -2.30. The molecule has 1 fully saturated rings. The number of nitrogens with zero attached hydrogens (tertiary/aromatic N) is 3. The van der Waals surface area contributed by atoms with Crippen molar-refractivity contribution in [2.45, 2.75) is 46.1 Å². The van der Waals surface area contributed by atoms with E-state index in [1.165, 1.54) is 37.8 Å². The van der Waals surface area contributed by atoms with Crippen molar-refractivity contribution in [1.82, 2.24) is 15.1 Å². The Morgan fingerprint density at radius 3 is 2.67 bits per heavy atom. The summed E-state index contributed by atoms with van der Waals surface area (Å²) in [5.41, 5.74) is 4.61. The molecule has 4 heteroatoms. The van der Waals surface area contributed by atoms with Gasteiger partial charge in [-0.25, -0.2) is 0 Å². The highest BCUT2D eigenvalue weighted by molar-refractivity contribution is 5.63. The fourth-order valence-corrected chi connectivity index (χ4v) is 3.14. The molecule has 0 bridgehead atoms. The second-order valence-corrected chi connectivity index (χ2v) is 7.33. The molecule has 1 heterocycles. The van der Waals surface area contributed by atoms with Crippen LogP contribution in [-0.2, 0) is 6.54 Å². The van der Waals surface area contributed by atoms with Crippen molar-refractivity contribution in [3.8, 4) is 17.3 Å². The average Bonchev–Trinajstić information content (AvgIpc) is 3.14. The largest absolute Gasteiger partial charge is 0.298 e. The van der Waals surface area contributed by atoms with Gasteiger partial charge in [0.15, 0.2) is 0 Å². The number of unbranched alkanes of at least 4 members (excludes halogenated alkanes) is 1. The topological polar surface area (TPSA) is 55.7 Å². The lowest BCUT2D eigenvalue weighted by atomic mass is 10.0. The van der Waals surface area contributed by atoms with Crippen molar-refractivity contribution >= 4 is 0 Å². The lowest BCUT2D eigenvalue weighted by molar-refractivity contribution is 0.217. The predicted octanol–water partition coefficient (Wildman–Crippen LogP) is 4.35. The second kappa shape index (κ2) is 7.19. The second-order valence-electron chi connectivity index (χ2n) is 7.33. The number of nitriles is 1. The van der Waals surface area contributed by atoms with Crippen molar-refractivity contribution in [3.05, 3.63) is 41.6 Å². The van der Waals surface area contributed by atoms with Crippen molar-refractivity contribution < 1.29 is 0 Å². The first-order valence-corrected chi connectivity index (χ1v) is 8.89. The van der Waals surface area contributed by atoms with E-state index in [9.17, 15) is 0 Å². The highest BCUT2D eigenvalue weighted by Gasteiger charge is 2.38. The number of nitrogens with one attached hydrogen (secondary N) is 1. The molecule has 1 saturated carbocycles. The summed E-state index contributed by atoms with van der Waals surface area (Å²) in [5.74, 6) is 0. The van der Waals surface area contributed by atoms with E-state index in [0.29, 0.717) is 11.0 Å². The molecule has 0 saturated heterocycles. The zero-order valence-corrected chi connectivity index (χ0v) is 14.7. The van der Waals surface area contributed by atoms with Crippen LogP contribution in [0.15, 0.2) is 30.5 Å². The molecule has 0 spiro atoms. The van der Waals surface area contributed by atoms with Gasteiger partial charge >= 0.3 is 0 Å². The monoisotopic (exact) mass is 322 g/mol. The smallest absolute Gasteiger partial charge is 0.0991 e. The fraction of sp³-hybridized carbons (Fsp3) is 0.500. The van der Waals surface area contributed by atoms with Crippen LogP contribution in [0.4, 0.5) is 0 Å². The molecule has 0 radical (unpaired) electrons. The number of H-pyrrole nitrogens is 1. The zero-order valence-electron chi connectivity index (χ0n) is 14.7. The third-order valence-electron chi connectivity index (χ3n) is 4.95. The maximum absolute atomic E-state index is 8.95. The Morgan fingerprint density at radius 1 is 1.29 bits per heavy atom. The summed E-state index contributed by atoms with van der Waals surface area (Å²) in [5, 5.41) is 16.4. The van der Waals surface area contributed by atoms with Gasteiger partial charge in [0.1, 0.15) is 0 Å². The molecule has 1 aliphatic carbocycles. The number of rotatable bonds is 8. The van der Waals surface area contributed by atoms with Gasteiger partial charge in [0.25, 0.3) is 0 Å². The molecule has 24 heavy (non-hydrogen) atoms. The molecule has 0 atom stereocenters.